The number of benzene rings is 2. The number of hydrogen-bond acceptors (Lipinski definition) is 7. The molecule has 0 spiro atoms. The second-order valence-corrected chi connectivity index (χ2v) is 9.14. The number of methoxy groups -OCH3 is 1. The van der Waals surface area contributed by atoms with E-state index < -0.39 is 12.0 Å². The van der Waals surface area contributed by atoms with E-state index in [1.165, 1.54) is 11.8 Å². The van der Waals surface area contributed by atoms with Crippen molar-refractivity contribution in [1.29, 1.82) is 0 Å². The first-order valence-electron chi connectivity index (χ1n) is 10.9. The molecule has 0 bridgehead atoms. The lowest BCUT2D eigenvalue weighted by Gasteiger charge is -2.33. The summed E-state index contributed by atoms with van der Waals surface area (Å²) in [6.45, 7) is 7.71. The lowest BCUT2D eigenvalue weighted by atomic mass is 9.94. The van der Waals surface area contributed by atoms with Gasteiger partial charge in [0, 0.05) is 0 Å². The van der Waals surface area contributed by atoms with Gasteiger partial charge in [0.2, 0.25) is 5.91 Å². The summed E-state index contributed by atoms with van der Waals surface area (Å²) < 4.78 is 16.9. The highest BCUT2D eigenvalue weighted by Crippen LogP contribution is 2.44. The molecule has 8 heteroatoms. The van der Waals surface area contributed by atoms with E-state index in [9.17, 15) is 9.59 Å². The van der Waals surface area contributed by atoms with Crippen molar-refractivity contribution in [2.75, 3.05) is 13.7 Å². The van der Waals surface area contributed by atoms with Gasteiger partial charge >= 0.3 is 5.97 Å². The Bertz CT molecular complexity index is 1170. The van der Waals surface area contributed by atoms with Gasteiger partial charge in [0.05, 0.1) is 29.7 Å². The molecule has 2 unspecified atom stereocenters. The van der Waals surface area contributed by atoms with E-state index >= 15 is 0 Å². The lowest BCUT2D eigenvalue weighted by Crippen LogP contribution is -2.40. The summed E-state index contributed by atoms with van der Waals surface area (Å²) in [4.78, 5) is 32.6. The SMILES string of the molecule is C=CCOc1ccc(C2C(C(=O)OCc3ccccc3)=C(C)N=C3SC(C)C(=O)N32)cc1OC. The summed E-state index contributed by atoms with van der Waals surface area (Å²) in [5.74, 6) is 0.406. The Kier molecular flexibility index (Phi) is 7.07. The number of rotatable bonds is 8. The molecule has 0 saturated carbocycles. The highest BCUT2D eigenvalue weighted by molar-refractivity contribution is 8.15. The average molecular weight is 479 g/mol. The highest BCUT2D eigenvalue weighted by Gasteiger charge is 2.46. The molecule has 1 fully saturated rings. The van der Waals surface area contributed by atoms with Crippen LogP contribution in [0, 0.1) is 0 Å². The maximum Gasteiger partial charge on any atom is 0.338 e. The zero-order valence-corrected chi connectivity index (χ0v) is 20.1. The molecule has 0 radical (unpaired) electrons. The predicted octanol–water partition coefficient (Wildman–Crippen LogP) is 4.65. The van der Waals surface area contributed by atoms with Crippen molar-refractivity contribution < 1.29 is 23.8 Å². The van der Waals surface area contributed by atoms with Crippen LogP contribution >= 0.6 is 11.8 Å². The fourth-order valence-corrected chi connectivity index (χ4v) is 4.93. The minimum atomic E-state index is -0.692. The molecule has 1 amide bonds. The van der Waals surface area contributed by atoms with E-state index in [2.05, 4.69) is 11.6 Å². The van der Waals surface area contributed by atoms with Crippen LogP contribution in [0.2, 0.25) is 0 Å². The summed E-state index contributed by atoms with van der Waals surface area (Å²) in [6, 6.07) is 14.1. The number of hydrogen-bond donors (Lipinski definition) is 0. The molecule has 2 aliphatic heterocycles. The standard InChI is InChI=1S/C26H26N2O5S/c1-5-13-32-20-12-11-19(14-21(20)31-4)23-22(25(30)33-15-18-9-7-6-8-10-18)16(2)27-26-28(23)24(29)17(3)34-26/h5-12,14,17,23H,1,13,15H2,2-4H3. The van der Waals surface area contributed by atoms with Gasteiger partial charge in [0.25, 0.3) is 0 Å². The van der Waals surface area contributed by atoms with Crippen molar-refractivity contribution in [2.45, 2.75) is 31.7 Å². The molecule has 2 aromatic rings. The lowest BCUT2D eigenvalue weighted by molar-refractivity contribution is -0.141. The second-order valence-electron chi connectivity index (χ2n) is 7.84. The first-order chi connectivity index (χ1) is 16.4. The topological polar surface area (TPSA) is 77.4 Å². The van der Waals surface area contributed by atoms with Crippen molar-refractivity contribution >= 4 is 28.8 Å². The molecule has 4 rings (SSSR count). The normalized spacial score (nSPS) is 19.4. The first-order valence-corrected chi connectivity index (χ1v) is 11.7. The Morgan fingerprint density at radius 3 is 2.68 bits per heavy atom. The highest BCUT2D eigenvalue weighted by atomic mass is 32.2. The molecule has 0 aromatic heterocycles. The molecule has 2 aromatic carbocycles. The van der Waals surface area contributed by atoms with Gasteiger partial charge in [0.15, 0.2) is 16.7 Å². The number of thioether (sulfide) groups is 1. The Balaban J connectivity index is 1.73. The Labute approximate surface area is 203 Å². The van der Waals surface area contributed by atoms with Gasteiger partial charge in [-0.05, 0) is 37.1 Å². The largest absolute Gasteiger partial charge is 0.493 e. The number of carbonyl (C=O) groups excluding carboxylic acids is 2. The van der Waals surface area contributed by atoms with Gasteiger partial charge < -0.3 is 14.2 Å². The predicted molar refractivity (Wildman–Crippen MR) is 132 cm³/mol. The zero-order valence-electron chi connectivity index (χ0n) is 19.3. The van der Waals surface area contributed by atoms with Crippen LogP contribution in [0.25, 0.3) is 0 Å². The van der Waals surface area contributed by atoms with Crippen LogP contribution in [0.4, 0.5) is 0 Å². The third-order valence-corrected chi connectivity index (χ3v) is 6.61. The van der Waals surface area contributed by atoms with E-state index in [1.807, 2.05) is 43.3 Å². The van der Waals surface area contributed by atoms with Gasteiger partial charge in [0.1, 0.15) is 13.2 Å². The molecule has 7 nitrogen and oxygen atoms in total. The summed E-state index contributed by atoms with van der Waals surface area (Å²) in [7, 11) is 1.54. The number of carbonyl (C=O) groups is 2. The number of nitrogens with zero attached hydrogens (tertiary/aromatic N) is 2. The Morgan fingerprint density at radius 2 is 1.97 bits per heavy atom. The van der Waals surface area contributed by atoms with Crippen molar-refractivity contribution in [1.82, 2.24) is 4.90 Å². The summed E-state index contributed by atoms with van der Waals surface area (Å²) in [6.07, 6.45) is 1.64. The monoisotopic (exact) mass is 478 g/mol. The molecule has 176 valence electrons. The second kappa shape index (κ2) is 10.2. The average Bonchev–Trinajstić information content (AvgIpc) is 3.13. The van der Waals surface area contributed by atoms with E-state index in [0.717, 1.165) is 5.56 Å². The number of esters is 1. The number of ether oxygens (including phenoxy) is 3. The fourth-order valence-electron chi connectivity index (χ4n) is 3.90. The third-order valence-electron chi connectivity index (χ3n) is 5.55. The van der Waals surface area contributed by atoms with Gasteiger partial charge in [-0.1, -0.05) is 60.8 Å². The minimum Gasteiger partial charge on any atom is -0.493 e. The molecular formula is C26H26N2O5S. The van der Waals surface area contributed by atoms with Crippen LogP contribution in [0.1, 0.15) is 31.0 Å². The maximum atomic E-state index is 13.3. The summed E-state index contributed by atoms with van der Waals surface area (Å²) >= 11 is 1.38. The molecule has 0 aliphatic carbocycles. The summed E-state index contributed by atoms with van der Waals surface area (Å²) in [5.41, 5.74) is 2.42. The van der Waals surface area contributed by atoms with Crippen LogP contribution in [0.3, 0.4) is 0 Å². The molecule has 2 atom stereocenters. The molecular weight excluding hydrogens is 452 g/mol. The third kappa shape index (κ3) is 4.59. The fraction of sp³-hybridized carbons (Fsp3) is 0.269. The van der Waals surface area contributed by atoms with Crippen LogP contribution < -0.4 is 9.47 Å². The Hall–Kier alpha value is -3.52. The van der Waals surface area contributed by atoms with Crippen LogP contribution in [-0.2, 0) is 20.9 Å². The van der Waals surface area contributed by atoms with Crippen molar-refractivity contribution in [3.05, 3.63) is 83.6 Å². The molecule has 34 heavy (non-hydrogen) atoms. The first kappa shape index (κ1) is 23.6. The number of amides is 1. The van der Waals surface area contributed by atoms with E-state index in [0.29, 0.717) is 40.1 Å². The maximum absolute atomic E-state index is 13.3. The van der Waals surface area contributed by atoms with Gasteiger partial charge in [-0.3, -0.25) is 9.69 Å². The van der Waals surface area contributed by atoms with Crippen molar-refractivity contribution in [2.24, 2.45) is 4.99 Å². The quantitative estimate of drug-likeness (QED) is 0.406. The van der Waals surface area contributed by atoms with Gasteiger partial charge in [-0.15, -0.1) is 0 Å². The van der Waals surface area contributed by atoms with E-state index in [1.54, 1.807) is 37.1 Å². The van der Waals surface area contributed by atoms with Gasteiger partial charge in [-0.25, -0.2) is 9.79 Å². The Morgan fingerprint density at radius 1 is 1.21 bits per heavy atom. The number of fused-ring (bicyclic) bond motifs is 1. The minimum absolute atomic E-state index is 0.111. The van der Waals surface area contributed by atoms with Crippen LogP contribution in [0.15, 0.2) is 77.4 Å². The zero-order chi connectivity index (χ0) is 24.2. The van der Waals surface area contributed by atoms with E-state index in [4.69, 9.17) is 14.2 Å². The molecule has 0 N–H and O–H groups in total. The van der Waals surface area contributed by atoms with Crippen molar-refractivity contribution in [3.63, 3.8) is 0 Å². The molecule has 2 aliphatic rings. The number of amidine groups is 1. The summed E-state index contributed by atoms with van der Waals surface area (Å²) in [5, 5.41) is 0.274. The van der Waals surface area contributed by atoms with Crippen molar-refractivity contribution in [3.8, 4) is 11.5 Å². The van der Waals surface area contributed by atoms with Crippen LogP contribution in [0.5, 0.6) is 11.5 Å². The smallest absolute Gasteiger partial charge is 0.338 e. The van der Waals surface area contributed by atoms with Gasteiger partial charge in [-0.2, -0.15) is 0 Å². The molecule has 1 saturated heterocycles. The number of allylic oxidation sites excluding steroid dienone is 1. The van der Waals surface area contributed by atoms with Crippen LogP contribution in [-0.4, -0.2) is 40.9 Å². The molecule has 2 heterocycles. The van der Waals surface area contributed by atoms with E-state index in [-0.39, 0.29) is 17.8 Å². The number of aliphatic imine (C=N–C) groups is 1.